The molecule has 25 heavy (non-hydrogen) atoms. The van der Waals surface area contributed by atoms with Gasteiger partial charge in [-0.2, -0.15) is 0 Å². The Morgan fingerprint density at radius 2 is 1.88 bits per heavy atom. The average molecular weight is 355 g/mol. The van der Waals surface area contributed by atoms with Crippen LogP contribution in [-0.4, -0.2) is 24.7 Å². The number of benzene rings is 2. The number of nitrogens with one attached hydrogen (secondary N) is 2. The minimum atomic E-state index is 0.192. The molecule has 6 heteroatoms. The number of carbonyl (C=O) groups excluding carboxylic acids is 1. The smallest absolute Gasteiger partial charge is 0.227 e. The Hall–Kier alpha value is -2.60. The van der Waals surface area contributed by atoms with Crippen LogP contribution in [0.5, 0.6) is 5.75 Å². The van der Waals surface area contributed by atoms with Crippen LogP contribution in [0.1, 0.15) is 18.4 Å². The van der Waals surface area contributed by atoms with Crippen LogP contribution in [0.2, 0.25) is 0 Å². The lowest BCUT2D eigenvalue weighted by atomic mass is 10.2. The molecule has 0 aliphatic carbocycles. The summed E-state index contributed by atoms with van der Waals surface area (Å²) in [5.41, 5.74) is 2.95. The van der Waals surface area contributed by atoms with Crippen molar-refractivity contribution < 1.29 is 9.53 Å². The number of nitrogens with zero attached hydrogens (tertiary/aromatic N) is 1. The number of carbonyl (C=O) groups is 1. The Morgan fingerprint density at radius 3 is 2.48 bits per heavy atom. The predicted octanol–water partition coefficient (Wildman–Crippen LogP) is 3.31. The molecule has 1 amide bonds. The Morgan fingerprint density at radius 1 is 1.16 bits per heavy atom. The highest BCUT2D eigenvalue weighted by atomic mass is 32.1. The quantitative estimate of drug-likeness (QED) is 0.806. The lowest BCUT2D eigenvalue weighted by Crippen LogP contribution is -2.28. The van der Waals surface area contributed by atoms with E-state index in [4.69, 9.17) is 17.0 Å². The third-order valence-corrected chi connectivity index (χ3v) is 4.37. The van der Waals surface area contributed by atoms with E-state index in [2.05, 4.69) is 10.6 Å². The van der Waals surface area contributed by atoms with Crippen molar-refractivity contribution in [3.63, 3.8) is 0 Å². The van der Waals surface area contributed by atoms with Crippen molar-refractivity contribution in [1.82, 2.24) is 5.32 Å². The van der Waals surface area contributed by atoms with Gasteiger partial charge in [0.05, 0.1) is 7.11 Å². The van der Waals surface area contributed by atoms with Crippen LogP contribution in [-0.2, 0) is 11.3 Å². The minimum absolute atomic E-state index is 0.192. The molecule has 0 atom stereocenters. The van der Waals surface area contributed by atoms with Crippen molar-refractivity contribution in [2.45, 2.75) is 19.4 Å². The van der Waals surface area contributed by atoms with Crippen LogP contribution in [0.3, 0.4) is 0 Å². The molecular formula is C19H21N3O2S. The predicted molar refractivity (Wildman–Crippen MR) is 104 cm³/mol. The number of rotatable bonds is 5. The minimum Gasteiger partial charge on any atom is -0.497 e. The van der Waals surface area contributed by atoms with Gasteiger partial charge in [-0.15, -0.1) is 0 Å². The van der Waals surface area contributed by atoms with Gasteiger partial charge in [-0.3, -0.25) is 4.79 Å². The first-order valence-electron chi connectivity index (χ1n) is 8.24. The summed E-state index contributed by atoms with van der Waals surface area (Å²) in [7, 11) is 1.65. The summed E-state index contributed by atoms with van der Waals surface area (Å²) in [4.78, 5) is 13.6. The second-order valence-electron chi connectivity index (χ2n) is 5.85. The molecule has 1 saturated heterocycles. The molecule has 2 N–H and O–H groups in total. The number of amides is 1. The van der Waals surface area contributed by atoms with Gasteiger partial charge in [0.25, 0.3) is 0 Å². The van der Waals surface area contributed by atoms with E-state index in [1.807, 2.05) is 53.4 Å². The third-order valence-electron chi connectivity index (χ3n) is 4.12. The molecule has 5 nitrogen and oxygen atoms in total. The summed E-state index contributed by atoms with van der Waals surface area (Å²) >= 11 is 5.33. The summed E-state index contributed by atoms with van der Waals surface area (Å²) in [6.07, 6.45) is 1.57. The monoisotopic (exact) mass is 355 g/mol. The highest BCUT2D eigenvalue weighted by molar-refractivity contribution is 7.80. The Labute approximate surface area is 153 Å². The molecule has 0 bridgehead atoms. The maximum atomic E-state index is 11.8. The Kier molecular flexibility index (Phi) is 5.50. The van der Waals surface area contributed by atoms with Crippen molar-refractivity contribution in [2.75, 3.05) is 23.9 Å². The van der Waals surface area contributed by atoms with Crippen LogP contribution in [0, 0.1) is 0 Å². The molecule has 1 aliphatic heterocycles. The number of methoxy groups -OCH3 is 1. The first kappa shape index (κ1) is 17.2. The number of ether oxygens (including phenoxy) is 1. The molecule has 1 heterocycles. The Balaban J connectivity index is 1.51. The summed E-state index contributed by atoms with van der Waals surface area (Å²) in [6.45, 7) is 1.43. The lowest BCUT2D eigenvalue weighted by molar-refractivity contribution is -0.117. The molecule has 0 saturated carbocycles. The van der Waals surface area contributed by atoms with Gasteiger partial charge in [-0.25, -0.2) is 0 Å². The molecule has 3 rings (SSSR count). The van der Waals surface area contributed by atoms with E-state index < -0.39 is 0 Å². The summed E-state index contributed by atoms with van der Waals surface area (Å²) < 4.78 is 5.14. The molecule has 1 fully saturated rings. The fourth-order valence-corrected chi connectivity index (χ4v) is 2.94. The Bertz CT molecular complexity index is 744. The van der Waals surface area contributed by atoms with Gasteiger partial charge in [-0.1, -0.05) is 12.1 Å². The van der Waals surface area contributed by atoms with Gasteiger partial charge in [-0.05, 0) is 60.6 Å². The first-order valence-corrected chi connectivity index (χ1v) is 8.65. The normalized spacial score (nSPS) is 13.6. The van der Waals surface area contributed by atoms with Gasteiger partial charge in [0.2, 0.25) is 5.91 Å². The van der Waals surface area contributed by atoms with Crippen molar-refractivity contribution in [2.24, 2.45) is 0 Å². The second kappa shape index (κ2) is 7.98. The molecule has 0 unspecified atom stereocenters. The highest BCUT2D eigenvalue weighted by Gasteiger charge is 2.21. The molecule has 130 valence electrons. The van der Waals surface area contributed by atoms with E-state index in [1.54, 1.807) is 7.11 Å². The topological polar surface area (TPSA) is 53.6 Å². The fraction of sp³-hybridized carbons (Fsp3) is 0.263. The zero-order chi connectivity index (χ0) is 17.6. The van der Waals surface area contributed by atoms with E-state index in [9.17, 15) is 4.79 Å². The van der Waals surface area contributed by atoms with E-state index in [-0.39, 0.29) is 5.91 Å². The van der Waals surface area contributed by atoms with Crippen molar-refractivity contribution in [1.29, 1.82) is 0 Å². The van der Waals surface area contributed by atoms with E-state index >= 15 is 0 Å². The fourth-order valence-electron chi connectivity index (χ4n) is 2.75. The summed E-state index contributed by atoms with van der Waals surface area (Å²) in [5, 5.41) is 6.89. The van der Waals surface area contributed by atoms with Crippen molar-refractivity contribution in [3.8, 4) is 5.75 Å². The van der Waals surface area contributed by atoms with Gasteiger partial charge in [0, 0.05) is 30.9 Å². The summed E-state index contributed by atoms with van der Waals surface area (Å²) in [5.74, 6) is 1.03. The molecule has 2 aromatic carbocycles. The van der Waals surface area contributed by atoms with Gasteiger partial charge in [0.15, 0.2) is 5.11 Å². The molecular weight excluding hydrogens is 334 g/mol. The van der Waals surface area contributed by atoms with Crippen molar-refractivity contribution >= 4 is 34.6 Å². The van der Waals surface area contributed by atoms with Crippen LogP contribution in [0.25, 0.3) is 0 Å². The zero-order valence-corrected chi connectivity index (χ0v) is 14.9. The van der Waals surface area contributed by atoms with E-state index in [0.717, 1.165) is 35.7 Å². The zero-order valence-electron chi connectivity index (χ0n) is 14.1. The maximum absolute atomic E-state index is 11.8. The first-order chi connectivity index (χ1) is 12.2. The van der Waals surface area contributed by atoms with Crippen LogP contribution in [0.15, 0.2) is 48.5 Å². The molecule has 1 aliphatic rings. The number of hydrogen-bond acceptors (Lipinski definition) is 3. The van der Waals surface area contributed by atoms with E-state index in [1.165, 1.54) is 0 Å². The molecule has 0 aromatic heterocycles. The standard InChI is InChI=1S/C19H21N3O2S/c1-24-17-10-4-14(5-11-17)13-20-19(25)21-15-6-8-16(9-7-15)22-12-2-3-18(22)23/h4-11H,2-3,12-13H2,1H3,(H2,20,21,25). The van der Waals surface area contributed by atoms with Crippen LogP contribution >= 0.6 is 12.2 Å². The summed E-state index contributed by atoms with van der Waals surface area (Å²) in [6, 6.07) is 15.6. The van der Waals surface area contributed by atoms with Crippen LogP contribution in [0.4, 0.5) is 11.4 Å². The number of thiocarbonyl (C=S) groups is 1. The van der Waals surface area contributed by atoms with Crippen molar-refractivity contribution in [3.05, 3.63) is 54.1 Å². The molecule has 2 aromatic rings. The highest BCUT2D eigenvalue weighted by Crippen LogP contribution is 2.23. The largest absolute Gasteiger partial charge is 0.497 e. The lowest BCUT2D eigenvalue weighted by Gasteiger charge is -2.16. The van der Waals surface area contributed by atoms with Gasteiger partial charge >= 0.3 is 0 Å². The van der Waals surface area contributed by atoms with Gasteiger partial charge in [0.1, 0.15) is 5.75 Å². The maximum Gasteiger partial charge on any atom is 0.227 e. The average Bonchev–Trinajstić information content (AvgIpc) is 3.07. The number of hydrogen-bond donors (Lipinski definition) is 2. The van der Waals surface area contributed by atoms with Gasteiger partial charge < -0.3 is 20.3 Å². The van der Waals surface area contributed by atoms with Crippen LogP contribution < -0.4 is 20.3 Å². The second-order valence-corrected chi connectivity index (χ2v) is 6.26. The molecule has 0 radical (unpaired) electrons. The SMILES string of the molecule is COc1ccc(CNC(=S)Nc2ccc(N3CCCC3=O)cc2)cc1. The molecule has 0 spiro atoms. The third kappa shape index (κ3) is 4.48. The number of anilines is 2. The van der Waals surface area contributed by atoms with E-state index in [0.29, 0.717) is 18.1 Å².